The second kappa shape index (κ2) is 4.16. The van der Waals surface area contributed by atoms with Gasteiger partial charge in [-0.15, -0.1) is 0 Å². The quantitative estimate of drug-likeness (QED) is 0.875. The number of benzene rings is 1. The van der Waals surface area contributed by atoms with Crippen LogP contribution in [0.1, 0.15) is 0 Å². The molecule has 0 fully saturated rings. The van der Waals surface area contributed by atoms with E-state index in [1.54, 1.807) is 18.5 Å². The van der Waals surface area contributed by atoms with Crippen LogP contribution >= 0.6 is 27.5 Å². The smallest absolute Gasteiger partial charge is 0.159 e. The van der Waals surface area contributed by atoms with Gasteiger partial charge < -0.3 is 5.73 Å². The highest BCUT2D eigenvalue weighted by molar-refractivity contribution is 9.10. The molecule has 0 aliphatic carbocycles. The molecule has 2 N–H and O–H groups in total. The molecule has 0 radical (unpaired) electrons. The van der Waals surface area contributed by atoms with Crippen molar-refractivity contribution in [1.82, 2.24) is 9.97 Å². The average molecular weight is 285 g/mol. The lowest BCUT2D eigenvalue weighted by molar-refractivity contribution is 1.18. The van der Waals surface area contributed by atoms with E-state index in [0.29, 0.717) is 16.5 Å². The summed E-state index contributed by atoms with van der Waals surface area (Å²) in [6.45, 7) is 0. The van der Waals surface area contributed by atoms with Crippen LogP contribution in [0.15, 0.2) is 35.1 Å². The fraction of sp³-hybridized carbons (Fsp3) is 0. The Morgan fingerprint density at radius 2 is 1.87 bits per heavy atom. The zero-order valence-electron chi connectivity index (χ0n) is 7.61. The van der Waals surface area contributed by atoms with E-state index < -0.39 is 0 Å². The first-order valence-electron chi connectivity index (χ1n) is 4.20. The minimum Gasteiger partial charge on any atom is -0.396 e. The molecule has 15 heavy (non-hydrogen) atoms. The molecule has 2 rings (SSSR count). The molecule has 0 spiro atoms. The highest BCUT2D eigenvalue weighted by Crippen LogP contribution is 2.27. The van der Waals surface area contributed by atoms with Gasteiger partial charge in [0.2, 0.25) is 0 Å². The van der Waals surface area contributed by atoms with Gasteiger partial charge in [0, 0.05) is 10.0 Å². The number of hydrogen-bond acceptors (Lipinski definition) is 3. The number of halogens is 2. The zero-order valence-corrected chi connectivity index (χ0v) is 9.96. The van der Waals surface area contributed by atoms with Crippen molar-refractivity contribution >= 4 is 33.2 Å². The van der Waals surface area contributed by atoms with Crippen molar-refractivity contribution in [3.8, 4) is 11.4 Å². The molecule has 0 amide bonds. The van der Waals surface area contributed by atoms with Crippen LogP contribution in [0.25, 0.3) is 11.4 Å². The van der Waals surface area contributed by atoms with Crippen LogP contribution in [0.2, 0.25) is 5.02 Å². The van der Waals surface area contributed by atoms with Crippen LogP contribution in [0.5, 0.6) is 0 Å². The number of hydrogen-bond donors (Lipinski definition) is 1. The maximum Gasteiger partial charge on any atom is 0.159 e. The maximum absolute atomic E-state index is 5.89. The first-order chi connectivity index (χ1) is 7.16. The highest BCUT2D eigenvalue weighted by atomic mass is 79.9. The van der Waals surface area contributed by atoms with Gasteiger partial charge in [-0.25, -0.2) is 9.97 Å². The van der Waals surface area contributed by atoms with Crippen molar-refractivity contribution < 1.29 is 0 Å². The SMILES string of the molecule is Nc1cnc(-c2ccc(Cl)c(Br)c2)nc1. The summed E-state index contributed by atoms with van der Waals surface area (Å²) in [6, 6.07) is 5.52. The monoisotopic (exact) mass is 283 g/mol. The van der Waals surface area contributed by atoms with Crippen LogP contribution < -0.4 is 5.73 Å². The minimum atomic E-state index is 0.548. The van der Waals surface area contributed by atoms with E-state index in [4.69, 9.17) is 17.3 Å². The predicted octanol–water partition coefficient (Wildman–Crippen LogP) is 3.14. The van der Waals surface area contributed by atoms with Crippen LogP contribution in [-0.4, -0.2) is 9.97 Å². The van der Waals surface area contributed by atoms with E-state index in [0.717, 1.165) is 10.0 Å². The van der Waals surface area contributed by atoms with Crippen molar-refractivity contribution in [2.24, 2.45) is 0 Å². The molecule has 76 valence electrons. The summed E-state index contributed by atoms with van der Waals surface area (Å²) < 4.78 is 0.821. The molecule has 0 unspecified atom stereocenters. The largest absolute Gasteiger partial charge is 0.396 e. The first-order valence-corrected chi connectivity index (χ1v) is 5.37. The average Bonchev–Trinajstić information content (AvgIpc) is 2.23. The molecule has 3 nitrogen and oxygen atoms in total. The van der Waals surface area contributed by atoms with Gasteiger partial charge in [-0.2, -0.15) is 0 Å². The molecule has 1 heterocycles. The Morgan fingerprint density at radius 3 is 2.47 bits per heavy atom. The normalized spacial score (nSPS) is 10.3. The van der Waals surface area contributed by atoms with Gasteiger partial charge in [0.05, 0.1) is 23.1 Å². The topological polar surface area (TPSA) is 51.8 Å². The van der Waals surface area contributed by atoms with E-state index in [1.165, 1.54) is 0 Å². The molecule has 1 aromatic heterocycles. The lowest BCUT2D eigenvalue weighted by Gasteiger charge is -2.02. The van der Waals surface area contributed by atoms with E-state index >= 15 is 0 Å². The molecule has 0 bridgehead atoms. The maximum atomic E-state index is 5.89. The van der Waals surface area contributed by atoms with Crippen molar-refractivity contribution in [2.75, 3.05) is 5.73 Å². The van der Waals surface area contributed by atoms with E-state index in [2.05, 4.69) is 25.9 Å². The standard InChI is InChI=1S/C10H7BrClN3/c11-8-3-6(1-2-9(8)12)10-14-4-7(13)5-15-10/h1-5H,13H2. The van der Waals surface area contributed by atoms with Crippen LogP contribution in [0.4, 0.5) is 5.69 Å². The Bertz CT molecular complexity index is 485. The molecule has 0 atom stereocenters. The summed E-state index contributed by atoms with van der Waals surface area (Å²) in [6.07, 6.45) is 3.15. The molecule has 1 aromatic carbocycles. The second-order valence-electron chi connectivity index (χ2n) is 2.97. The molecule has 0 aliphatic rings. The molecule has 2 aromatic rings. The molecule has 5 heteroatoms. The fourth-order valence-corrected chi connectivity index (χ4v) is 1.62. The first kappa shape index (κ1) is 10.4. The van der Waals surface area contributed by atoms with Gasteiger partial charge in [-0.05, 0) is 34.1 Å². The molecular weight excluding hydrogens is 277 g/mol. The Kier molecular flexibility index (Phi) is 2.88. The van der Waals surface area contributed by atoms with Gasteiger partial charge in [-0.1, -0.05) is 11.6 Å². The van der Waals surface area contributed by atoms with Gasteiger partial charge in [0.25, 0.3) is 0 Å². The molecule has 0 saturated carbocycles. The lowest BCUT2D eigenvalue weighted by Crippen LogP contribution is -1.92. The summed E-state index contributed by atoms with van der Waals surface area (Å²) in [5.74, 6) is 0.626. The van der Waals surface area contributed by atoms with Crippen molar-refractivity contribution in [1.29, 1.82) is 0 Å². The second-order valence-corrected chi connectivity index (χ2v) is 4.23. The highest BCUT2D eigenvalue weighted by Gasteiger charge is 2.03. The summed E-state index contributed by atoms with van der Waals surface area (Å²) in [5.41, 5.74) is 6.95. The predicted molar refractivity (Wildman–Crippen MR) is 64.6 cm³/mol. The van der Waals surface area contributed by atoms with Gasteiger partial charge in [0.1, 0.15) is 0 Å². The third-order valence-electron chi connectivity index (χ3n) is 1.85. The summed E-state index contributed by atoms with van der Waals surface area (Å²) in [4.78, 5) is 8.24. The van der Waals surface area contributed by atoms with Gasteiger partial charge >= 0.3 is 0 Å². The third kappa shape index (κ3) is 2.27. The van der Waals surface area contributed by atoms with E-state index in [9.17, 15) is 0 Å². The molecular formula is C10H7BrClN3. The van der Waals surface area contributed by atoms with Crippen LogP contribution in [0, 0.1) is 0 Å². The minimum absolute atomic E-state index is 0.548. The summed E-state index contributed by atoms with van der Waals surface area (Å²) >= 11 is 9.23. The van der Waals surface area contributed by atoms with E-state index in [1.807, 2.05) is 12.1 Å². The van der Waals surface area contributed by atoms with Crippen molar-refractivity contribution in [2.45, 2.75) is 0 Å². The van der Waals surface area contributed by atoms with Gasteiger partial charge in [0.15, 0.2) is 5.82 Å². The number of anilines is 1. The fourth-order valence-electron chi connectivity index (χ4n) is 1.12. The Labute approximate surface area is 100 Å². The number of nitrogens with two attached hydrogens (primary N) is 1. The van der Waals surface area contributed by atoms with Crippen molar-refractivity contribution in [3.05, 3.63) is 40.1 Å². The van der Waals surface area contributed by atoms with E-state index in [-0.39, 0.29) is 0 Å². The summed E-state index contributed by atoms with van der Waals surface area (Å²) in [7, 11) is 0. The Hall–Kier alpha value is -1.13. The van der Waals surface area contributed by atoms with Crippen molar-refractivity contribution in [3.63, 3.8) is 0 Å². The number of nitrogen functional groups attached to an aromatic ring is 1. The number of rotatable bonds is 1. The Balaban J connectivity index is 2.45. The summed E-state index contributed by atoms with van der Waals surface area (Å²) in [5, 5.41) is 0.661. The number of nitrogens with zero attached hydrogens (tertiary/aromatic N) is 2. The Morgan fingerprint density at radius 1 is 1.20 bits per heavy atom. The van der Waals surface area contributed by atoms with Crippen LogP contribution in [0.3, 0.4) is 0 Å². The molecule has 0 saturated heterocycles. The van der Waals surface area contributed by atoms with Gasteiger partial charge in [-0.3, -0.25) is 0 Å². The van der Waals surface area contributed by atoms with Crippen LogP contribution in [-0.2, 0) is 0 Å². The third-order valence-corrected chi connectivity index (χ3v) is 3.06. The zero-order chi connectivity index (χ0) is 10.8. The number of aromatic nitrogens is 2. The molecule has 0 aliphatic heterocycles. The lowest BCUT2D eigenvalue weighted by atomic mass is 10.2.